The normalized spacial score (nSPS) is 25.2. The summed E-state index contributed by atoms with van der Waals surface area (Å²) >= 11 is 0. The summed E-state index contributed by atoms with van der Waals surface area (Å²) in [4.78, 5) is 28.8. The van der Waals surface area contributed by atoms with Crippen LogP contribution in [0.5, 0.6) is 0 Å². The van der Waals surface area contributed by atoms with E-state index in [4.69, 9.17) is 9.26 Å². The summed E-state index contributed by atoms with van der Waals surface area (Å²) in [6, 6.07) is 0. The fourth-order valence-electron chi connectivity index (χ4n) is 4.11. The third kappa shape index (κ3) is 3.01. The van der Waals surface area contributed by atoms with Gasteiger partial charge in [0.2, 0.25) is 5.91 Å². The molecule has 2 amide bonds. The SMILES string of the molecule is COCc1c(C(=O)N2C[C@H]3CN(C(=O)C(C)C)C[C@@]3(CO)C2)noc1C. The molecule has 0 saturated carbocycles. The van der Waals surface area contributed by atoms with Gasteiger partial charge in [-0.2, -0.15) is 0 Å². The van der Waals surface area contributed by atoms with Crippen LogP contribution in [-0.2, 0) is 16.1 Å². The second-order valence-electron chi connectivity index (χ2n) is 7.78. The molecule has 1 aromatic heterocycles. The van der Waals surface area contributed by atoms with Gasteiger partial charge >= 0.3 is 0 Å². The van der Waals surface area contributed by atoms with Gasteiger partial charge in [0.25, 0.3) is 5.91 Å². The zero-order valence-corrected chi connectivity index (χ0v) is 15.8. The maximum Gasteiger partial charge on any atom is 0.276 e. The van der Waals surface area contributed by atoms with Crippen molar-refractivity contribution in [2.24, 2.45) is 17.3 Å². The van der Waals surface area contributed by atoms with E-state index >= 15 is 0 Å². The van der Waals surface area contributed by atoms with Crippen molar-refractivity contribution in [3.05, 3.63) is 17.0 Å². The molecular weight excluding hydrogens is 338 g/mol. The van der Waals surface area contributed by atoms with Crippen molar-refractivity contribution in [2.75, 3.05) is 39.9 Å². The van der Waals surface area contributed by atoms with Gasteiger partial charge in [-0.1, -0.05) is 19.0 Å². The third-order valence-corrected chi connectivity index (χ3v) is 5.64. The molecule has 26 heavy (non-hydrogen) atoms. The Morgan fingerprint density at radius 1 is 1.35 bits per heavy atom. The maximum atomic E-state index is 13.0. The van der Waals surface area contributed by atoms with Crippen LogP contribution in [0.1, 0.15) is 35.7 Å². The Kier molecular flexibility index (Phi) is 5.07. The monoisotopic (exact) mass is 365 g/mol. The zero-order valence-electron chi connectivity index (χ0n) is 15.8. The highest BCUT2D eigenvalue weighted by atomic mass is 16.5. The van der Waals surface area contributed by atoms with Crippen molar-refractivity contribution in [3.63, 3.8) is 0 Å². The largest absolute Gasteiger partial charge is 0.396 e. The van der Waals surface area contributed by atoms with E-state index in [1.165, 1.54) is 0 Å². The fraction of sp³-hybridized carbons (Fsp3) is 0.722. The molecular formula is C18H27N3O5. The van der Waals surface area contributed by atoms with Gasteiger partial charge in [-0.3, -0.25) is 9.59 Å². The Labute approximate surface area is 153 Å². The number of methoxy groups -OCH3 is 1. The quantitative estimate of drug-likeness (QED) is 0.824. The van der Waals surface area contributed by atoms with Crippen molar-refractivity contribution in [3.8, 4) is 0 Å². The molecule has 2 saturated heterocycles. The van der Waals surface area contributed by atoms with Gasteiger partial charge in [0, 0.05) is 50.5 Å². The van der Waals surface area contributed by atoms with E-state index in [-0.39, 0.29) is 42.6 Å². The van der Waals surface area contributed by atoms with Gasteiger partial charge in [-0.15, -0.1) is 0 Å². The molecule has 2 aliphatic rings. The highest BCUT2D eigenvalue weighted by Crippen LogP contribution is 2.43. The molecule has 8 nitrogen and oxygen atoms in total. The van der Waals surface area contributed by atoms with Crippen molar-refractivity contribution >= 4 is 11.8 Å². The second kappa shape index (κ2) is 7.00. The lowest BCUT2D eigenvalue weighted by Gasteiger charge is -2.27. The minimum absolute atomic E-state index is 0.0495. The lowest BCUT2D eigenvalue weighted by Crippen LogP contribution is -2.41. The number of aliphatic hydroxyl groups excluding tert-OH is 1. The first-order valence-electron chi connectivity index (χ1n) is 8.96. The van der Waals surface area contributed by atoms with Crippen molar-refractivity contribution in [1.29, 1.82) is 0 Å². The van der Waals surface area contributed by atoms with Gasteiger partial charge in [0.15, 0.2) is 5.69 Å². The number of carbonyl (C=O) groups excluding carboxylic acids is 2. The summed E-state index contributed by atoms with van der Waals surface area (Å²) in [6.07, 6.45) is 0. The van der Waals surface area contributed by atoms with Crippen LogP contribution in [0.25, 0.3) is 0 Å². The number of fused-ring (bicyclic) bond motifs is 1. The number of aryl methyl sites for hydroxylation is 1. The average molecular weight is 365 g/mol. The summed E-state index contributed by atoms with van der Waals surface area (Å²) in [5, 5.41) is 14.0. The molecule has 1 aromatic rings. The van der Waals surface area contributed by atoms with E-state index in [2.05, 4.69) is 5.16 Å². The first-order valence-corrected chi connectivity index (χ1v) is 8.96. The van der Waals surface area contributed by atoms with E-state index in [1.54, 1.807) is 18.9 Å². The third-order valence-electron chi connectivity index (χ3n) is 5.64. The molecule has 0 aromatic carbocycles. The number of carbonyl (C=O) groups is 2. The molecule has 144 valence electrons. The predicted octanol–water partition coefficient (Wildman–Crippen LogP) is 0.678. The Balaban J connectivity index is 1.77. The molecule has 3 rings (SSSR count). The standard InChI is InChI=1S/C18H27N3O5/c1-11(2)16(23)20-5-13-6-21(9-18(13,8-20)10-22)17(24)15-14(7-25-4)12(3)26-19-15/h11,13,22H,5-10H2,1-4H3/t13-,18+/m1/s1. The molecule has 0 bridgehead atoms. The van der Waals surface area contributed by atoms with Crippen molar-refractivity contribution < 1.29 is 24.0 Å². The van der Waals surface area contributed by atoms with Crippen LogP contribution in [0, 0.1) is 24.2 Å². The lowest BCUT2D eigenvalue weighted by atomic mass is 9.82. The van der Waals surface area contributed by atoms with E-state index < -0.39 is 5.41 Å². The molecule has 3 heterocycles. The Morgan fingerprint density at radius 3 is 2.58 bits per heavy atom. The number of amides is 2. The second-order valence-corrected chi connectivity index (χ2v) is 7.78. The van der Waals surface area contributed by atoms with Crippen LogP contribution < -0.4 is 0 Å². The first kappa shape index (κ1) is 18.8. The number of hydrogen-bond donors (Lipinski definition) is 1. The van der Waals surface area contributed by atoms with Crippen LogP contribution >= 0.6 is 0 Å². The predicted molar refractivity (Wildman–Crippen MR) is 92.3 cm³/mol. The number of nitrogens with zero attached hydrogens (tertiary/aromatic N) is 3. The average Bonchev–Trinajstić information content (AvgIpc) is 3.25. The minimum atomic E-state index is -0.458. The molecule has 0 unspecified atom stereocenters. The number of likely N-dealkylation sites (tertiary alicyclic amines) is 2. The van der Waals surface area contributed by atoms with Gasteiger partial charge in [0.05, 0.1) is 18.8 Å². The molecule has 0 aliphatic carbocycles. The van der Waals surface area contributed by atoms with Crippen LogP contribution in [0.2, 0.25) is 0 Å². The number of hydrogen-bond acceptors (Lipinski definition) is 6. The maximum absolute atomic E-state index is 13.0. The summed E-state index contributed by atoms with van der Waals surface area (Å²) in [5.74, 6) is 0.452. The van der Waals surface area contributed by atoms with Gasteiger partial charge in [0.1, 0.15) is 5.76 Å². The summed E-state index contributed by atoms with van der Waals surface area (Å²) in [7, 11) is 1.56. The van der Waals surface area contributed by atoms with Crippen molar-refractivity contribution in [2.45, 2.75) is 27.4 Å². The fourth-order valence-corrected chi connectivity index (χ4v) is 4.11. The molecule has 2 aliphatic heterocycles. The lowest BCUT2D eigenvalue weighted by molar-refractivity contribution is -0.134. The van der Waals surface area contributed by atoms with E-state index in [9.17, 15) is 14.7 Å². The Bertz CT molecular complexity index is 701. The molecule has 0 radical (unpaired) electrons. The first-order chi connectivity index (χ1) is 12.3. The Hall–Kier alpha value is -1.93. The molecule has 2 fully saturated rings. The van der Waals surface area contributed by atoms with Crippen molar-refractivity contribution in [1.82, 2.24) is 15.0 Å². The molecule has 2 atom stereocenters. The summed E-state index contributed by atoms with van der Waals surface area (Å²) < 4.78 is 10.3. The van der Waals surface area contributed by atoms with Gasteiger partial charge in [-0.25, -0.2) is 0 Å². The van der Waals surface area contributed by atoms with E-state index in [0.717, 1.165) is 0 Å². The summed E-state index contributed by atoms with van der Waals surface area (Å²) in [6.45, 7) is 7.68. The van der Waals surface area contributed by atoms with Gasteiger partial charge in [-0.05, 0) is 6.92 Å². The summed E-state index contributed by atoms with van der Waals surface area (Å²) in [5.41, 5.74) is 0.470. The van der Waals surface area contributed by atoms with E-state index in [1.807, 2.05) is 18.7 Å². The highest BCUT2D eigenvalue weighted by Gasteiger charge is 2.54. The minimum Gasteiger partial charge on any atom is -0.396 e. The Morgan fingerprint density at radius 2 is 2.00 bits per heavy atom. The van der Waals surface area contributed by atoms with Crippen LogP contribution in [-0.4, -0.2) is 71.8 Å². The molecule has 0 spiro atoms. The zero-order chi connectivity index (χ0) is 19.1. The molecule has 1 N–H and O–H groups in total. The van der Waals surface area contributed by atoms with E-state index in [0.29, 0.717) is 37.5 Å². The number of aromatic nitrogens is 1. The van der Waals surface area contributed by atoms with Crippen LogP contribution in [0.3, 0.4) is 0 Å². The highest BCUT2D eigenvalue weighted by molar-refractivity contribution is 5.94. The van der Waals surface area contributed by atoms with Crippen LogP contribution in [0.4, 0.5) is 0 Å². The topological polar surface area (TPSA) is 96.1 Å². The molecule has 8 heteroatoms. The van der Waals surface area contributed by atoms with Crippen LogP contribution in [0.15, 0.2) is 4.52 Å². The van der Waals surface area contributed by atoms with Gasteiger partial charge < -0.3 is 24.2 Å². The number of ether oxygens (including phenoxy) is 1. The smallest absolute Gasteiger partial charge is 0.276 e. The number of rotatable bonds is 5. The number of aliphatic hydroxyl groups is 1.